The number of hydrogen-bond acceptors (Lipinski definition) is 5. The predicted octanol–water partition coefficient (Wildman–Crippen LogP) is -0.745. The lowest BCUT2D eigenvalue weighted by atomic mass is 10.3. The molecule has 0 aliphatic heterocycles. The maximum Gasteiger partial charge on any atom is 0.321 e. The number of ether oxygens (including phenoxy) is 1. The number of urea groups is 1. The number of amides is 3. The zero-order valence-corrected chi connectivity index (χ0v) is 11.3. The van der Waals surface area contributed by atoms with Crippen LogP contribution in [0.15, 0.2) is 0 Å². The molecule has 0 aliphatic rings. The number of carboxylic acids is 1. The fourth-order valence-electron chi connectivity index (χ4n) is 1.28. The first-order valence-electron chi connectivity index (χ1n) is 6.00. The first kappa shape index (κ1) is 17.3. The van der Waals surface area contributed by atoms with Crippen LogP contribution in [0.25, 0.3) is 0 Å². The van der Waals surface area contributed by atoms with E-state index in [1.54, 1.807) is 4.90 Å². The number of carbonyl (C=O) groups excluding carboxylic acids is 2. The van der Waals surface area contributed by atoms with Crippen LogP contribution in [0.1, 0.15) is 13.3 Å². The van der Waals surface area contributed by atoms with Gasteiger partial charge in [-0.15, -0.1) is 0 Å². The molecule has 0 saturated carbocycles. The summed E-state index contributed by atoms with van der Waals surface area (Å²) in [5.41, 5.74) is 0. The van der Waals surface area contributed by atoms with Gasteiger partial charge in [0.1, 0.15) is 0 Å². The van der Waals surface area contributed by atoms with Crippen LogP contribution < -0.4 is 10.6 Å². The third kappa shape index (κ3) is 9.98. The fraction of sp³-hybridized carbons (Fsp3) is 0.727. The molecular formula is C11H21N3O5. The van der Waals surface area contributed by atoms with Gasteiger partial charge >= 0.3 is 12.0 Å². The molecule has 8 heteroatoms. The number of methoxy groups -OCH3 is 1. The van der Waals surface area contributed by atoms with Crippen LogP contribution in [0.5, 0.6) is 0 Å². The van der Waals surface area contributed by atoms with Crippen molar-refractivity contribution in [2.75, 3.05) is 39.9 Å². The first-order valence-corrected chi connectivity index (χ1v) is 6.00. The fourth-order valence-corrected chi connectivity index (χ4v) is 1.28. The Hall–Kier alpha value is -1.67. The molecule has 0 aromatic carbocycles. The summed E-state index contributed by atoms with van der Waals surface area (Å²) in [6.45, 7) is 3.28. The van der Waals surface area contributed by atoms with Crippen molar-refractivity contribution in [2.24, 2.45) is 0 Å². The summed E-state index contributed by atoms with van der Waals surface area (Å²) in [6.07, 6.45) is -0.0405. The summed E-state index contributed by atoms with van der Waals surface area (Å²) in [5.74, 6) is -1.39. The van der Waals surface area contributed by atoms with E-state index in [0.717, 1.165) is 0 Å². The van der Waals surface area contributed by atoms with Gasteiger partial charge in [-0.2, -0.15) is 0 Å². The third-order valence-corrected chi connectivity index (χ3v) is 2.30. The monoisotopic (exact) mass is 275 g/mol. The molecule has 0 aliphatic carbocycles. The van der Waals surface area contributed by atoms with Gasteiger partial charge in [0, 0.05) is 20.2 Å². The summed E-state index contributed by atoms with van der Waals surface area (Å²) in [6, 6.07) is -0.587. The van der Waals surface area contributed by atoms with E-state index in [4.69, 9.17) is 9.84 Å². The number of likely N-dealkylation sites (N-methyl/N-ethyl adjacent to an activating group) is 1. The second-order valence-corrected chi connectivity index (χ2v) is 3.81. The molecule has 3 amide bonds. The number of hydrogen-bond donors (Lipinski definition) is 3. The second kappa shape index (κ2) is 10.3. The summed E-state index contributed by atoms with van der Waals surface area (Å²) in [4.78, 5) is 34.8. The van der Waals surface area contributed by atoms with Crippen molar-refractivity contribution in [1.29, 1.82) is 0 Å². The number of aliphatic carboxylic acids is 1. The highest BCUT2D eigenvalue weighted by Gasteiger charge is 2.12. The molecule has 0 unspecified atom stereocenters. The quantitative estimate of drug-likeness (QED) is 0.478. The molecule has 0 fully saturated rings. The van der Waals surface area contributed by atoms with Crippen LogP contribution in [0, 0.1) is 0 Å². The Morgan fingerprint density at radius 1 is 1.32 bits per heavy atom. The lowest BCUT2D eigenvalue weighted by Gasteiger charge is -2.18. The zero-order chi connectivity index (χ0) is 14.7. The molecule has 0 radical (unpaired) electrons. The Morgan fingerprint density at radius 2 is 2.00 bits per heavy atom. The van der Waals surface area contributed by atoms with Crippen LogP contribution in [0.2, 0.25) is 0 Å². The largest absolute Gasteiger partial charge is 0.481 e. The van der Waals surface area contributed by atoms with Crippen LogP contribution in [-0.4, -0.2) is 67.8 Å². The van der Waals surface area contributed by atoms with E-state index in [-0.39, 0.29) is 19.5 Å². The molecule has 0 aromatic rings. The molecule has 8 nitrogen and oxygen atoms in total. The van der Waals surface area contributed by atoms with Gasteiger partial charge in [0.2, 0.25) is 5.91 Å². The highest BCUT2D eigenvalue weighted by Crippen LogP contribution is 1.91. The molecular weight excluding hydrogens is 254 g/mol. The van der Waals surface area contributed by atoms with Crippen molar-refractivity contribution in [3.05, 3.63) is 0 Å². The molecule has 0 atom stereocenters. The Labute approximate surface area is 112 Å². The van der Waals surface area contributed by atoms with Gasteiger partial charge < -0.3 is 15.2 Å². The number of nitrogens with zero attached hydrogens (tertiary/aromatic N) is 1. The van der Waals surface area contributed by atoms with E-state index in [2.05, 4.69) is 10.6 Å². The predicted molar refractivity (Wildman–Crippen MR) is 67.8 cm³/mol. The smallest absolute Gasteiger partial charge is 0.321 e. The average molecular weight is 275 g/mol. The van der Waals surface area contributed by atoms with Gasteiger partial charge in [-0.1, -0.05) is 6.92 Å². The Morgan fingerprint density at radius 3 is 2.53 bits per heavy atom. The van der Waals surface area contributed by atoms with E-state index in [0.29, 0.717) is 19.7 Å². The lowest BCUT2D eigenvalue weighted by Crippen LogP contribution is -2.45. The Balaban J connectivity index is 3.92. The van der Waals surface area contributed by atoms with Gasteiger partial charge in [0.25, 0.3) is 0 Å². The van der Waals surface area contributed by atoms with E-state index in [1.165, 1.54) is 7.11 Å². The molecule has 0 saturated heterocycles. The van der Waals surface area contributed by atoms with E-state index >= 15 is 0 Å². The topological polar surface area (TPSA) is 108 Å². The molecule has 0 aromatic heterocycles. The Bertz CT molecular complexity index is 309. The molecule has 0 bridgehead atoms. The molecule has 0 spiro atoms. The standard InChI is InChI=1S/C11H21N3O5/c1-3-14(6-4-10(16)17)8-9(15)13-11(18)12-5-7-19-2/h3-8H2,1-2H3,(H,16,17)(H2,12,13,15,18). The summed E-state index contributed by atoms with van der Waals surface area (Å²) in [5, 5.41) is 13.2. The van der Waals surface area contributed by atoms with Gasteiger partial charge in [-0.3, -0.25) is 19.8 Å². The van der Waals surface area contributed by atoms with Crippen molar-refractivity contribution in [3.63, 3.8) is 0 Å². The van der Waals surface area contributed by atoms with E-state index in [9.17, 15) is 14.4 Å². The minimum Gasteiger partial charge on any atom is -0.481 e. The lowest BCUT2D eigenvalue weighted by molar-refractivity contribution is -0.137. The van der Waals surface area contributed by atoms with Crippen LogP contribution >= 0.6 is 0 Å². The maximum atomic E-state index is 11.5. The van der Waals surface area contributed by atoms with Gasteiger partial charge in [0.15, 0.2) is 0 Å². The second-order valence-electron chi connectivity index (χ2n) is 3.81. The van der Waals surface area contributed by atoms with Crippen LogP contribution in [0.4, 0.5) is 4.79 Å². The number of imide groups is 1. The van der Waals surface area contributed by atoms with Gasteiger partial charge in [-0.25, -0.2) is 4.79 Å². The van der Waals surface area contributed by atoms with Crippen molar-refractivity contribution >= 4 is 17.9 Å². The van der Waals surface area contributed by atoms with Crippen molar-refractivity contribution < 1.29 is 24.2 Å². The SMILES string of the molecule is CCN(CCC(=O)O)CC(=O)NC(=O)NCCOC. The third-order valence-electron chi connectivity index (χ3n) is 2.30. The molecule has 0 heterocycles. The normalized spacial score (nSPS) is 10.3. The highest BCUT2D eigenvalue weighted by molar-refractivity contribution is 5.95. The number of carboxylic acid groups (broad SMARTS) is 1. The molecule has 3 N–H and O–H groups in total. The molecule has 0 rings (SSSR count). The van der Waals surface area contributed by atoms with Crippen molar-refractivity contribution in [3.8, 4) is 0 Å². The molecule has 110 valence electrons. The van der Waals surface area contributed by atoms with Crippen LogP contribution in [0.3, 0.4) is 0 Å². The number of rotatable bonds is 9. The summed E-state index contributed by atoms with van der Waals surface area (Å²) >= 11 is 0. The average Bonchev–Trinajstić information content (AvgIpc) is 2.34. The van der Waals surface area contributed by atoms with Gasteiger partial charge in [0.05, 0.1) is 19.6 Å². The highest BCUT2D eigenvalue weighted by atomic mass is 16.5. The number of carbonyl (C=O) groups is 3. The summed E-state index contributed by atoms with van der Waals surface area (Å²) in [7, 11) is 1.51. The minimum absolute atomic E-state index is 0.0124. The molecule has 19 heavy (non-hydrogen) atoms. The van der Waals surface area contributed by atoms with Crippen LogP contribution in [-0.2, 0) is 14.3 Å². The van der Waals surface area contributed by atoms with Crippen molar-refractivity contribution in [2.45, 2.75) is 13.3 Å². The minimum atomic E-state index is -0.920. The maximum absolute atomic E-state index is 11.5. The summed E-state index contributed by atoms with van der Waals surface area (Å²) < 4.78 is 4.74. The Kier molecular flexibility index (Phi) is 9.37. The van der Waals surface area contributed by atoms with Crippen molar-refractivity contribution in [1.82, 2.24) is 15.5 Å². The van der Waals surface area contributed by atoms with E-state index in [1.807, 2.05) is 6.92 Å². The number of nitrogens with one attached hydrogen (secondary N) is 2. The van der Waals surface area contributed by atoms with E-state index < -0.39 is 17.9 Å². The zero-order valence-electron chi connectivity index (χ0n) is 11.3. The first-order chi connectivity index (χ1) is 8.99. The van der Waals surface area contributed by atoms with Gasteiger partial charge in [-0.05, 0) is 6.54 Å².